The molecule has 5 nitrogen and oxygen atoms in total. The number of thioether (sulfide) groups is 1. The van der Waals surface area contributed by atoms with Gasteiger partial charge < -0.3 is 20.2 Å². The largest absolute Gasteiger partial charge is 0.506 e. The number of rotatable bonds is 8. The number of anilines is 1. The summed E-state index contributed by atoms with van der Waals surface area (Å²) in [6.45, 7) is 4.42. The highest BCUT2D eigenvalue weighted by molar-refractivity contribution is 7.98. The number of phenols is 1. The average molecular weight is 405 g/mol. The number of hydrogen-bond donors (Lipinski definition) is 3. The number of aromatic hydroxyl groups is 1. The molecule has 3 rings (SSSR count). The summed E-state index contributed by atoms with van der Waals surface area (Å²) in [7, 11) is 0. The minimum absolute atomic E-state index is 0.0532. The lowest BCUT2D eigenvalue weighted by atomic mass is 10.2. The lowest BCUT2D eigenvalue weighted by molar-refractivity contribution is -0.892. The fourth-order valence-electron chi connectivity index (χ4n) is 3.32. The predicted molar refractivity (Wildman–Crippen MR) is 111 cm³/mol. The van der Waals surface area contributed by atoms with Crippen molar-refractivity contribution in [2.45, 2.75) is 5.75 Å². The maximum Gasteiger partial charge on any atom is 0.275 e. The Bertz CT molecular complexity index is 782. The number of halogens is 1. The van der Waals surface area contributed by atoms with Crippen molar-refractivity contribution in [3.05, 3.63) is 59.9 Å². The number of amides is 1. The van der Waals surface area contributed by atoms with E-state index >= 15 is 0 Å². The molecule has 0 spiro atoms. The van der Waals surface area contributed by atoms with Crippen molar-refractivity contribution in [3.8, 4) is 5.75 Å². The fraction of sp³-hybridized carbons (Fsp3) is 0.381. The molecular formula is C21H27FN3O2S+. The van der Waals surface area contributed by atoms with Crippen LogP contribution >= 0.6 is 11.8 Å². The second kappa shape index (κ2) is 10.3. The van der Waals surface area contributed by atoms with E-state index in [0.717, 1.165) is 37.6 Å². The standard InChI is InChI=1S/C21H26FN3O2S/c22-18-6-2-1-5-17(18)16-28-14-9-23-21(27)15-24-10-12-25(13-11-24)19-7-3-4-8-20(19)26/h1-8,26H,9-16H2,(H,23,27)/p+1. The predicted octanol–water partition coefficient (Wildman–Crippen LogP) is 1.29. The molecule has 28 heavy (non-hydrogen) atoms. The third-order valence-electron chi connectivity index (χ3n) is 4.89. The Morgan fingerprint density at radius 2 is 1.86 bits per heavy atom. The summed E-state index contributed by atoms with van der Waals surface area (Å²) in [6.07, 6.45) is 0. The van der Waals surface area contributed by atoms with E-state index in [4.69, 9.17) is 0 Å². The first-order valence-corrected chi connectivity index (χ1v) is 10.7. The summed E-state index contributed by atoms with van der Waals surface area (Å²) in [5.74, 6) is 1.55. The van der Waals surface area contributed by atoms with Crippen molar-refractivity contribution in [1.29, 1.82) is 0 Å². The van der Waals surface area contributed by atoms with Gasteiger partial charge in [-0.3, -0.25) is 4.79 Å². The van der Waals surface area contributed by atoms with Gasteiger partial charge in [-0.2, -0.15) is 11.8 Å². The number of hydrogen-bond acceptors (Lipinski definition) is 4. The second-order valence-electron chi connectivity index (χ2n) is 6.90. The Balaban J connectivity index is 1.30. The normalized spacial score (nSPS) is 14.8. The highest BCUT2D eigenvalue weighted by Gasteiger charge is 2.23. The Morgan fingerprint density at radius 1 is 1.14 bits per heavy atom. The monoisotopic (exact) mass is 404 g/mol. The maximum absolute atomic E-state index is 13.5. The Labute approximate surface area is 169 Å². The molecule has 0 aromatic heterocycles. The molecule has 1 amide bonds. The number of carbonyl (C=O) groups is 1. The van der Waals surface area contributed by atoms with Crippen LogP contribution in [0.1, 0.15) is 5.56 Å². The SMILES string of the molecule is O=C(C[NH+]1CCN(c2ccccc2O)CC1)NCCSCc1ccccc1F. The topological polar surface area (TPSA) is 57.0 Å². The van der Waals surface area contributed by atoms with Gasteiger partial charge in [0.05, 0.1) is 31.9 Å². The van der Waals surface area contributed by atoms with Crippen LogP contribution in [0.15, 0.2) is 48.5 Å². The van der Waals surface area contributed by atoms with Crippen molar-refractivity contribution in [2.24, 2.45) is 0 Å². The number of carbonyl (C=O) groups excluding carboxylic acids is 1. The van der Waals surface area contributed by atoms with Crippen molar-refractivity contribution in [1.82, 2.24) is 5.32 Å². The highest BCUT2D eigenvalue weighted by Crippen LogP contribution is 2.25. The van der Waals surface area contributed by atoms with Gasteiger partial charge in [0.15, 0.2) is 6.54 Å². The third kappa shape index (κ3) is 5.87. The number of para-hydroxylation sites is 2. The molecular weight excluding hydrogens is 377 g/mol. The first-order chi connectivity index (χ1) is 13.6. The Kier molecular flexibility index (Phi) is 7.56. The molecule has 7 heteroatoms. The molecule has 0 bridgehead atoms. The molecule has 1 saturated heterocycles. The molecule has 2 aromatic rings. The van der Waals surface area contributed by atoms with Crippen LogP contribution in [0.4, 0.5) is 10.1 Å². The van der Waals surface area contributed by atoms with Crippen LogP contribution in [0.5, 0.6) is 5.75 Å². The van der Waals surface area contributed by atoms with E-state index in [0.29, 0.717) is 30.2 Å². The van der Waals surface area contributed by atoms with Gasteiger partial charge >= 0.3 is 0 Å². The van der Waals surface area contributed by atoms with Gasteiger partial charge in [-0.1, -0.05) is 30.3 Å². The van der Waals surface area contributed by atoms with Crippen LogP contribution in [0.2, 0.25) is 0 Å². The van der Waals surface area contributed by atoms with Crippen LogP contribution in [-0.4, -0.2) is 56.0 Å². The molecule has 2 aromatic carbocycles. The van der Waals surface area contributed by atoms with E-state index in [1.54, 1.807) is 30.0 Å². The van der Waals surface area contributed by atoms with Crippen LogP contribution < -0.4 is 15.1 Å². The zero-order chi connectivity index (χ0) is 19.8. The van der Waals surface area contributed by atoms with Crippen LogP contribution in [0, 0.1) is 5.82 Å². The fourth-order valence-corrected chi connectivity index (χ4v) is 4.17. The third-order valence-corrected chi connectivity index (χ3v) is 5.90. The quantitative estimate of drug-likeness (QED) is 0.581. The van der Waals surface area contributed by atoms with Crippen LogP contribution in [0.3, 0.4) is 0 Å². The lowest BCUT2D eigenvalue weighted by Crippen LogP contribution is -3.16. The van der Waals surface area contributed by atoms with E-state index in [1.807, 2.05) is 24.3 Å². The van der Waals surface area contributed by atoms with Gasteiger partial charge in [-0.05, 0) is 23.8 Å². The summed E-state index contributed by atoms with van der Waals surface area (Å²) in [4.78, 5) is 15.6. The molecule has 0 atom stereocenters. The molecule has 1 aliphatic rings. The molecule has 1 fully saturated rings. The minimum Gasteiger partial charge on any atom is -0.506 e. The van der Waals surface area contributed by atoms with Crippen molar-refractivity contribution < 1.29 is 19.2 Å². The van der Waals surface area contributed by atoms with Crippen LogP contribution in [0.25, 0.3) is 0 Å². The van der Waals surface area contributed by atoms with Crippen LogP contribution in [-0.2, 0) is 10.5 Å². The molecule has 150 valence electrons. The molecule has 0 aliphatic carbocycles. The zero-order valence-corrected chi connectivity index (χ0v) is 16.7. The molecule has 0 saturated carbocycles. The van der Waals surface area contributed by atoms with Gasteiger partial charge in [0, 0.05) is 18.1 Å². The molecule has 1 aliphatic heterocycles. The lowest BCUT2D eigenvalue weighted by Gasteiger charge is -2.33. The number of nitrogens with one attached hydrogen (secondary N) is 2. The smallest absolute Gasteiger partial charge is 0.275 e. The van der Waals surface area contributed by atoms with Gasteiger partial charge in [-0.25, -0.2) is 4.39 Å². The number of nitrogens with zero attached hydrogens (tertiary/aromatic N) is 1. The van der Waals surface area contributed by atoms with Crippen molar-refractivity contribution >= 4 is 23.4 Å². The number of phenolic OH excluding ortho intramolecular Hbond substituents is 1. The van der Waals surface area contributed by atoms with Gasteiger partial charge in [0.1, 0.15) is 11.6 Å². The maximum atomic E-state index is 13.5. The number of piperazine rings is 1. The summed E-state index contributed by atoms with van der Waals surface area (Å²) < 4.78 is 13.5. The average Bonchev–Trinajstić information content (AvgIpc) is 2.70. The number of quaternary nitrogens is 1. The molecule has 3 N–H and O–H groups in total. The number of benzene rings is 2. The molecule has 0 unspecified atom stereocenters. The summed E-state index contributed by atoms with van der Waals surface area (Å²) in [5, 5.41) is 12.9. The first-order valence-electron chi connectivity index (χ1n) is 9.58. The van der Waals surface area contributed by atoms with Crippen molar-refractivity contribution in [3.63, 3.8) is 0 Å². The first kappa shape index (κ1) is 20.5. The van der Waals surface area contributed by atoms with E-state index in [9.17, 15) is 14.3 Å². The second-order valence-corrected chi connectivity index (χ2v) is 8.00. The summed E-state index contributed by atoms with van der Waals surface area (Å²) >= 11 is 1.62. The van der Waals surface area contributed by atoms with Gasteiger partial charge in [0.25, 0.3) is 5.91 Å². The van der Waals surface area contributed by atoms with E-state index in [1.165, 1.54) is 11.0 Å². The van der Waals surface area contributed by atoms with Gasteiger partial charge in [0.2, 0.25) is 0 Å². The van der Waals surface area contributed by atoms with E-state index in [-0.39, 0.29) is 11.7 Å². The Hall–Kier alpha value is -2.25. The minimum atomic E-state index is -0.175. The molecule has 0 radical (unpaired) electrons. The van der Waals surface area contributed by atoms with E-state index < -0.39 is 0 Å². The highest BCUT2D eigenvalue weighted by atomic mass is 32.2. The van der Waals surface area contributed by atoms with E-state index in [2.05, 4.69) is 10.2 Å². The summed E-state index contributed by atoms with van der Waals surface area (Å²) in [6, 6.07) is 14.2. The molecule has 1 heterocycles. The van der Waals surface area contributed by atoms with Crippen molar-refractivity contribution in [2.75, 3.05) is 49.9 Å². The van der Waals surface area contributed by atoms with Gasteiger partial charge in [-0.15, -0.1) is 0 Å². The summed E-state index contributed by atoms with van der Waals surface area (Å²) in [5.41, 5.74) is 1.56. The zero-order valence-electron chi connectivity index (χ0n) is 15.9. The Morgan fingerprint density at radius 3 is 2.61 bits per heavy atom.